The van der Waals surface area contributed by atoms with Crippen LogP contribution in [0, 0.1) is 13.8 Å². The number of carboxylic acid groups (broad SMARTS) is 1. The van der Waals surface area contributed by atoms with E-state index in [1.54, 1.807) is 0 Å². The second kappa shape index (κ2) is 11.3. The normalized spacial score (nSPS) is 17.1. The highest BCUT2D eigenvalue weighted by molar-refractivity contribution is 5.90. The molecule has 2 aliphatic rings. The van der Waals surface area contributed by atoms with Crippen LogP contribution in [-0.4, -0.2) is 63.1 Å². The van der Waals surface area contributed by atoms with Crippen molar-refractivity contribution in [1.82, 2.24) is 19.7 Å². The standard InChI is InChI=1S/C31H43N5O3/c1-20-16-25-21(2)34-36(31(3,4)5)27(25)26(17-20)28(30(37)38)35-18-24(19-35)39-15-8-6-7-11-23-13-12-22-10-9-14-32-29(22)33-23/h12-13,16-17,24,28H,6-11,14-15,18-19H2,1-5H3,(H,32,33)(H,37,38). The predicted octanol–water partition coefficient (Wildman–Crippen LogP) is 5.40. The van der Waals surface area contributed by atoms with Crippen LogP contribution in [0.15, 0.2) is 24.3 Å². The number of nitrogens with zero attached hydrogens (tertiary/aromatic N) is 4. The van der Waals surface area contributed by atoms with Gasteiger partial charge in [-0.25, -0.2) is 4.98 Å². The molecule has 1 fully saturated rings. The molecule has 0 aliphatic carbocycles. The molecule has 2 aromatic heterocycles. The number of ether oxygens (including phenoxy) is 1. The third kappa shape index (κ3) is 5.97. The Morgan fingerprint density at radius 1 is 1.18 bits per heavy atom. The van der Waals surface area contributed by atoms with Crippen molar-refractivity contribution in [2.45, 2.75) is 90.8 Å². The molecule has 8 heteroatoms. The Labute approximate surface area is 231 Å². The lowest BCUT2D eigenvalue weighted by Crippen LogP contribution is -2.55. The number of carbonyl (C=O) groups is 1. The fraction of sp³-hybridized carbons (Fsp3) is 0.581. The summed E-state index contributed by atoms with van der Waals surface area (Å²) in [5.74, 6) is 0.242. The van der Waals surface area contributed by atoms with Crippen LogP contribution in [0.1, 0.15) is 80.6 Å². The number of fused-ring (bicyclic) bond motifs is 2. The van der Waals surface area contributed by atoms with Gasteiger partial charge in [-0.2, -0.15) is 5.10 Å². The van der Waals surface area contributed by atoms with Crippen LogP contribution in [-0.2, 0) is 27.9 Å². The van der Waals surface area contributed by atoms with E-state index in [-0.39, 0.29) is 11.6 Å². The molecule has 1 aromatic carbocycles. The van der Waals surface area contributed by atoms with Gasteiger partial charge in [-0.05, 0) is 90.0 Å². The summed E-state index contributed by atoms with van der Waals surface area (Å²) in [7, 11) is 0. The molecular weight excluding hydrogens is 490 g/mol. The number of aromatic nitrogens is 3. The van der Waals surface area contributed by atoms with Gasteiger partial charge in [-0.3, -0.25) is 14.4 Å². The molecule has 210 valence electrons. The van der Waals surface area contributed by atoms with E-state index in [1.807, 2.05) is 29.5 Å². The van der Waals surface area contributed by atoms with E-state index in [9.17, 15) is 9.90 Å². The summed E-state index contributed by atoms with van der Waals surface area (Å²) in [4.78, 5) is 19.4. The molecule has 0 spiro atoms. The Morgan fingerprint density at radius 2 is 1.97 bits per heavy atom. The fourth-order valence-electron chi connectivity index (χ4n) is 5.88. The van der Waals surface area contributed by atoms with E-state index in [4.69, 9.17) is 14.8 Å². The first-order valence-electron chi connectivity index (χ1n) is 14.4. The molecule has 4 heterocycles. The Bertz CT molecular complexity index is 1340. The number of hydrogen-bond donors (Lipinski definition) is 2. The van der Waals surface area contributed by atoms with Gasteiger partial charge in [0.05, 0.1) is 22.9 Å². The molecule has 0 radical (unpaired) electrons. The van der Waals surface area contributed by atoms with Crippen molar-refractivity contribution < 1.29 is 14.6 Å². The zero-order valence-corrected chi connectivity index (χ0v) is 24.1. The third-order valence-electron chi connectivity index (χ3n) is 7.92. The summed E-state index contributed by atoms with van der Waals surface area (Å²) in [5, 5.41) is 19.6. The molecule has 3 aromatic rings. The number of likely N-dealkylation sites (tertiary alicyclic amines) is 1. The topological polar surface area (TPSA) is 92.5 Å². The van der Waals surface area contributed by atoms with Crippen LogP contribution in [0.4, 0.5) is 5.82 Å². The molecule has 5 rings (SSSR count). The maximum Gasteiger partial charge on any atom is 0.325 e. The fourth-order valence-corrected chi connectivity index (χ4v) is 5.88. The second-order valence-electron chi connectivity index (χ2n) is 12.3. The van der Waals surface area contributed by atoms with Crippen LogP contribution in [0.25, 0.3) is 10.9 Å². The number of anilines is 1. The molecule has 8 nitrogen and oxygen atoms in total. The largest absolute Gasteiger partial charge is 0.480 e. The molecular formula is C31H43N5O3. The highest BCUT2D eigenvalue weighted by atomic mass is 16.5. The maximum absolute atomic E-state index is 12.6. The number of hydrogen-bond acceptors (Lipinski definition) is 6. The van der Waals surface area contributed by atoms with Gasteiger partial charge < -0.3 is 15.2 Å². The molecule has 0 bridgehead atoms. The van der Waals surface area contributed by atoms with Gasteiger partial charge in [-0.1, -0.05) is 18.6 Å². The number of aliphatic carboxylic acids is 1. The maximum atomic E-state index is 12.6. The van der Waals surface area contributed by atoms with Crippen LogP contribution in [0.3, 0.4) is 0 Å². The van der Waals surface area contributed by atoms with Gasteiger partial charge in [0, 0.05) is 42.9 Å². The summed E-state index contributed by atoms with van der Waals surface area (Å²) in [6, 6.07) is 7.80. The molecule has 0 saturated carbocycles. The second-order valence-corrected chi connectivity index (χ2v) is 12.3. The number of benzene rings is 1. The van der Waals surface area contributed by atoms with Crippen molar-refractivity contribution in [1.29, 1.82) is 0 Å². The first-order chi connectivity index (χ1) is 18.6. The molecule has 1 atom stereocenters. The smallest absolute Gasteiger partial charge is 0.325 e. The number of rotatable bonds is 10. The number of pyridine rings is 1. The minimum atomic E-state index is -0.828. The number of nitrogens with one attached hydrogen (secondary N) is 1. The average molecular weight is 534 g/mol. The van der Waals surface area contributed by atoms with Gasteiger partial charge >= 0.3 is 5.97 Å². The van der Waals surface area contributed by atoms with Crippen molar-refractivity contribution in [3.8, 4) is 0 Å². The van der Waals surface area contributed by atoms with Crippen molar-refractivity contribution in [3.63, 3.8) is 0 Å². The van der Waals surface area contributed by atoms with E-state index >= 15 is 0 Å². The van der Waals surface area contributed by atoms with Crippen molar-refractivity contribution in [3.05, 3.63) is 52.3 Å². The first-order valence-corrected chi connectivity index (χ1v) is 14.4. The summed E-state index contributed by atoms with van der Waals surface area (Å²) < 4.78 is 8.11. The van der Waals surface area contributed by atoms with Gasteiger partial charge in [0.25, 0.3) is 0 Å². The van der Waals surface area contributed by atoms with Crippen LogP contribution in [0.2, 0.25) is 0 Å². The molecule has 39 heavy (non-hydrogen) atoms. The van der Waals surface area contributed by atoms with Crippen molar-refractivity contribution >= 4 is 22.7 Å². The first kappa shape index (κ1) is 27.6. The Kier molecular flexibility index (Phi) is 7.96. The van der Waals surface area contributed by atoms with Crippen molar-refractivity contribution in [2.75, 3.05) is 31.6 Å². The summed E-state index contributed by atoms with van der Waals surface area (Å²) >= 11 is 0. The zero-order valence-electron chi connectivity index (χ0n) is 24.1. The lowest BCUT2D eigenvalue weighted by Gasteiger charge is -2.42. The van der Waals surface area contributed by atoms with Crippen LogP contribution >= 0.6 is 0 Å². The molecule has 2 N–H and O–H groups in total. The average Bonchev–Trinajstić information content (AvgIpc) is 3.20. The lowest BCUT2D eigenvalue weighted by atomic mass is 9.95. The van der Waals surface area contributed by atoms with E-state index in [0.717, 1.165) is 77.9 Å². The molecule has 1 unspecified atom stereocenters. The van der Waals surface area contributed by atoms with Gasteiger partial charge in [0.15, 0.2) is 0 Å². The van der Waals surface area contributed by atoms with E-state index < -0.39 is 12.0 Å². The highest BCUT2D eigenvalue weighted by Gasteiger charge is 2.39. The van der Waals surface area contributed by atoms with Gasteiger partial charge in [0.2, 0.25) is 0 Å². The van der Waals surface area contributed by atoms with Crippen LogP contribution < -0.4 is 5.32 Å². The Balaban J connectivity index is 1.14. The Morgan fingerprint density at radius 3 is 2.72 bits per heavy atom. The molecule has 0 amide bonds. The van der Waals surface area contributed by atoms with E-state index in [1.165, 1.54) is 12.0 Å². The van der Waals surface area contributed by atoms with E-state index in [2.05, 4.69) is 44.3 Å². The van der Waals surface area contributed by atoms with Crippen LogP contribution in [0.5, 0.6) is 0 Å². The van der Waals surface area contributed by atoms with Crippen molar-refractivity contribution in [2.24, 2.45) is 0 Å². The lowest BCUT2D eigenvalue weighted by molar-refractivity contribution is -0.150. The Hall–Kier alpha value is -2.97. The summed E-state index contributed by atoms with van der Waals surface area (Å²) in [6.45, 7) is 13.3. The zero-order chi connectivity index (χ0) is 27.7. The van der Waals surface area contributed by atoms with E-state index in [0.29, 0.717) is 19.7 Å². The third-order valence-corrected chi connectivity index (χ3v) is 7.92. The number of carboxylic acids is 1. The monoisotopic (exact) mass is 533 g/mol. The highest BCUT2D eigenvalue weighted by Crippen LogP contribution is 2.36. The number of aryl methyl sites for hydroxylation is 4. The quantitative estimate of drug-likeness (QED) is 0.337. The summed E-state index contributed by atoms with van der Waals surface area (Å²) in [6.07, 6.45) is 6.56. The summed E-state index contributed by atoms with van der Waals surface area (Å²) in [5.41, 5.74) is 5.96. The molecule has 1 saturated heterocycles. The molecule has 2 aliphatic heterocycles. The SMILES string of the molecule is Cc1cc(C(C(=O)O)N2CC(OCCCCCc3ccc4c(n3)NCCC4)C2)c2c(c1)c(C)nn2C(C)(C)C. The van der Waals surface area contributed by atoms with Gasteiger partial charge in [-0.15, -0.1) is 0 Å². The number of unbranched alkanes of at least 4 members (excludes halogenated alkanes) is 2. The van der Waals surface area contributed by atoms with Gasteiger partial charge in [0.1, 0.15) is 11.9 Å². The minimum Gasteiger partial charge on any atom is -0.480 e. The predicted molar refractivity (Wildman–Crippen MR) is 154 cm³/mol. The minimum absolute atomic E-state index is 0.0785.